The second kappa shape index (κ2) is 8.53. The molecule has 0 saturated carbocycles. The van der Waals surface area contributed by atoms with Gasteiger partial charge in [-0.25, -0.2) is 4.98 Å². The first-order valence-electron chi connectivity index (χ1n) is 10.0. The van der Waals surface area contributed by atoms with Crippen molar-refractivity contribution in [2.45, 2.75) is 25.3 Å². The number of piperazine rings is 1. The first kappa shape index (κ1) is 18.0. The van der Waals surface area contributed by atoms with Crippen LogP contribution in [0.4, 0.5) is 5.82 Å². The average Bonchev–Trinajstić information content (AvgIpc) is 3.22. The molecular formula is C22H28N4O. The molecule has 0 aliphatic carbocycles. The minimum absolute atomic E-state index is 0.286. The molecule has 1 atom stereocenters. The van der Waals surface area contributed by atoms with Crippen LogP contribution in [0.2, 0.25) is 0 Å². The summed E-state index contributed by atoms with van der Waals surface area (Å²) in [6.45, 7) is 5.26. The van der Waals surface area contributed by atoms with E-state index in [-0.39, 0.29) is 5.91 Å². The van der Waals surface area contributed by atoms with E-state index in [2.05, 4.69) is 45.1 Å². The molecule has 2 saturated heterocycles. The van der Waals surface area contributed by atoms with Crippen molar-refractivity contribution in [1.82, 2.24) is 14.8 Å². The summed E-state index contributed by atoms with van der Waals surface area (Å²) < 4.78 is 0. The van der Waals surface area contributed by atoms with Crippen LogP contribution in [-0.2, 0) is 4.79 Å². The molecule has 142 valence electrons. The second-order valence-electron chi connectivity index (χ2n) is 7.41. The zero-order valence-corrected chi connectivity index (χ0v) is 15.8. The normalized spacial score (nSPS) is 20.8. The number of carbonyl (C=O) groups excluding carboxylic acids is 1. The van der Waals surface area contributed by atoms with Crippen LogP contribution in [0.25, 0.3) is 0 Å². The van der Waals surface area contributed by atoms with Gasteiger partial charge in [0.1, 0.15) is 5.82 Å². The largest absolute Gasteiger partial charge is 0.353 e. The number of anilines is 1. The SMILES string of the molecule is O=C(CCN1CCC[C@@H]1c1ccccc1)N1CCN(c2ccccn2)CC1. The first-order chi connectivity index (χ1) is 13.3. The van der Waals surface area contributed by atoms with E-state index in [4.69, 9.17) is 0 Å². The highest BCUT2D eigenvalue weighted by atomic mass is 16.2. The first-order valence-corrected chi connectivity index (χ1v) is 10.0. The number of benzene rings is 1. The molecule has 5 nitrogen and oxygen atoms in total. The third kappa shape index (κ3) is 4.30. The molecule has 27 heavy (non-hydrogen) atoms. The highest BCUT2D eigenvalue weighted by Crippen LogP contribution is 2.31. The summed E-state index contributed by atoms with van der Waals surface area (Å²) in [5.41, 5.74) is 1.38. The third-order valence-corrected chi connectivity index (χ3v) is 5.77. The average molecular weight is 364 g/mol. The predicted molar refractivity (Wildman–Crippen MR) is 108 cm³/mol. The van der Waals surface area contributed by atoms with E-state index in [0.717, 1.165) is 45.1 Å². The van der Waals surface area contributed by atoms with E-state index >= 15 is 0 Å². The minimum atomic E-state index is 0.286. The monoisotopic (exact) mass is 364 g/mol. The Bertz CT molecular complexity index is 728. The van der Waals surface area contributed by atoms with E-state index in [1.165, 1.54) is 18.4 Å². The Kier molecular flexibility index (Phi) is 5.68. The van der Waals surface area contributed by atoms with E-state index in [9.17, 15) is 4.79 Å². The molecule has 0 unspecified atom stereocenters. The summed E-state index contributed by atoms with van der Waals surface area (Å²) in [6.07, 6.45) is 4.86. The van der Waals surface area contributed by atoms with Crippen LogP contribution in [0, 0.1) is 0 Å². The molecule has 0 radical (unpaired) electrons. The maximum Gasteiger partial charge on any atom is 0.223 e. The Morgan fingerprint density at radius 2 is 1.74 bits per heavy atom. The summed E-state index contributed by atoms with van der Waals surface area (Å²) in [5, 5.41) is 0. The number of amides is 1. The lowest BCUT2D eigenvalue weighted by Crippen LogP contribution is -2.49. The van der Waals surface area contributed by atoms with E-state index in [1.807, 2.05) is 29.3 Å². The smallest absolute Gasteiger partial charge is 0.223 e. The van der Waals surface area contributed by atoms with Crippen LogP contribution >= 0.6 is 0 Å². The molecule has 3 heterocycles. The van der Waals surface area contributed by atoms with Crippen molar-refractivity contribution < 1.29 is 4.79 Å². The van der Waals surface area contributed by atoms with Gasteiger partial charge in [0.15, 0.2) is 0 Å². The van der Waals surface area contributed by atoms with Gasteiger partial charge in [-0.2, -0.15) is 0 Å². The molecule has 0 spiro atoms. The maximum absolute atomic E-state index is 12.7. The molecule has 2 fully saturated rings. The molecule has 1 amide bonds. The topological polar surface area (TPSA) is 39.7 Å². The zero-order chi connectivity index (χ0) is 18.5. The molecule has 5 heteroatoms. The summed E-state index contributed by atoms with van der Waals surface area (Å²) in [7, 11) is 0. The van der Waals surface area contributed by atoms with Gasteiger partial charge < -0.3 is 9.80 Å². The Hall–Kier alpha value is -2.40. The van der Waals surface area contributed by atoms with Gasteiger partial charge >= 0.3 is 0 Å². The lowest BCUT2D eigenvalue weighted by molar-refractivity contribution is -0.131. The molecule has 4 rings (SSSR count). The third-order valence-electron chi connectivity index (χ3n) is 5.77. The second-order valence-corrected chi connectivity index (χ2v) is 7.41. The lowest BCUT2D eigenvalue weighted by atomic mass is 10.0. The highest BCUT2D eigenvalue weighted by molar-refractivity contribution is 5.76. The Morgan fingerprint density at radius 3 is 2.48 bits per heavy atom. The number of carbonyl (C=O) groups is 1. The fraction of sp³-hybridized carbons (Fsp3) is 0.455. The van der Waals surface area contributed by atoms with Crippen molar-refractivity contribution in [1.29, 1.82) is 0 Å². The van der Waals surface area contributed by atoms with Gasteiger partial charge in [0.05, 0.1) is 0 Å². The molecule has 2 aromatic rings. The fourth-order valence-electron chi connectivity index (χ4n) is 4.27. The highest BCUT2D eigenvalue weighted by Gasteiger charge is 2.27. The van der Waals surface area contributed by atoms with Gasteiger partial charge in [0, 0.05) is 51.4 Å². The number of hydrogen-bond donors (Lipinski definition) is 0. The van der Waals surface area contributed by atoms with Crippen LogP contribution in [0.15, 0.2) is 54.7 Å². The Balaban J connectivity index is 1.26. The Labute approximate surface area is 161 Å². The molecule has 0 bridgehead atoms. The molecule has 2 aliphatic rings. The van der Waals surface area contributed by atoms with E-state index in [0.29, 0.717) is 12.5 Å². The van der Waals surface area contributed by atoms with Gasteiger partial charge in [0.2, 0.25) is 5.91 Å². The standard InChI is InChI=1S/C22H28N4O/c27-22(26-17-15-25(16-18-26)21-10-4-5-12-23-21)11-14-24-13-6-9-20(24)19-7-2-1-3-8-19/h1-5,7-8,10,12,20H,6,9,11,13-18H2/t20-/m1/s1. The number of aromatic nitrogens is 1. The van der Waals surface area contributed by atoms with Crippen molar-refractivity contribution in [2.24, 2.45) is 0 Å². The molecular weight excluding hydrogens is 336 g/mol. The van der Waals surface area contributed by atoms with Crippen LogP contribution < -0.4 is 4.90 Å². The van der Waals surface area contributed by atoms with Crippen LogP contribution in [-0.4, -0.2) is 60.0 Å². The number of hydrogen-bond acceptors (Lipinski definition) is 4. The van der Waals surface area contributed by atoms with Crippen molar-refractivity contribution in [2.75, 3.05) is 44.2 Å². The fourth-order valence-corrected chi connectivity index (χ4v) is 4.27. The number of nitrogens with zero attached hydrogens (tertiary/aromatic N) is 4. The van der Waals surface area contributed by atoms with Crippen molar-refractivity contribution in [3.8, 4) is 0 Å². The minimum Gasteiger partial charge on any atom is -0.353 e. The van der Waals surface area contributed by atoms with Gasteiger partial charge in [-0.1, -0.05) is 36.4 Å². The van der Waals surface area contributed by atoms with Gasteiger partial charge in [-0.15, -0.1) is 0 Å². The van der Waals surface area contributed by atoms with E-state index < -0.39 is 0 Å². The van der Waals surface area contributed by atoms with E-state index in [1.54, 1.807) is 0 Å². The van der Waals surface area contributed by atoms with Gasteiger partial charge in [0.25, 0.3) is 0 Å². The van der Waals surface area contributed by atoms with Gasteiger partial charge in [-0.05, 0) is 37.1 Å². The van der Waals surface area contributed by atoms with Crippen molar-refractivity contribution >= 4 is 11.7 Å². The van der Waals surface area contributed by atoms with Crippen molar-refractivity contribution in [3.05, 3.63) is 60.3 Å². The summed E-state index contributed by atoms with van der Waals surface area (Å²) in [5.74, 6) is 1.29. The predicted octanol–water partition coefficient (Wildman–Crippen LogP) is 2.96. The summed E-state index contributed by atoms with van der Waals surface area (Å²) in [4.78, 5) is 23.9. The van der Waals surface area contributed by atoms with Crippen molar-refractivity contribution in [3.63, 3.8) is 0 Å². The van der Waals surface area contributed by atoms with Crippen LogP contribution in [0.1, 0.15) is 30.9 Å². The lowest BCUT2D eigenvalue weighted by Gasteiger charge is -2.36. The zero-order valence-electron chi connectivity index (χ0n) is 15.8. The van der Waals surface area contributed by atoms with Crippen LogP contribution in [0.5, 0.6) is 0 Å². The summed E-state index contributed by atoms with van der Waals surface area (Å²) >= 11 is 0. The Morgan fingerprint density at radius 1 is 0.963 bits per heavy atom. The molecule has 0 N–H and O–H groups in total. The summed E-state index contributed by atoms with van der Waals surface area (Å²) in [6, 6.07) is 17.2. The van der Waals surface area contributed by atoms with Crippen LogP contribution in [0.3, 0.4) is 0 Å². The molecule has 1 aromatic heterocycles. The maximum atomic E-state index is 12.7. The quantitative estimate of drug-likeness (QED) is 0.818. The molecule has 2 aliphatic heterocycles. The van der Waals surface area contributed by atoms with Gasteiger partial charge in [-0.3, -0.25) is 9.69 Å². The molecule has 1 aromatic carbocycles. The number of pyridine rings is 1. The number of rotatable bonds is 5. The number of likely N-dealkylation sites (tertiary alicyclic amines) is 1.